The second kappa shape index (κ2) is 13.6. The zero-order valence-electron chi connectivity index (χ0n) is 25.7. The zero-order chi connectivity index (χ0) is 32.1. The van der Waals surface area contributed by atoms with Gasteiger partial charge in [-0.1, -0.05) is 42.5 Å². The van der Waals surface area contributed by atoms with Crippen LogP contribution < -0.4 is 20.4 Å². The van der Waals surface area contributed by atoms with E-state index >= 15 is 0 Å². The Morgan fingerprint density at radius 2 is 1.72 bits per heavy atom. The van der Waals surface area contributed by atoms with Gasteiger partial charge in [0.05, 0.1) is 23.9 Å². The van der Waals surface area contributed by atoms with E-state index in [4.69, 9.17) is 0 Å². The third kappa shape index (κ3) is 7.29. The van der Waals surface area contributed by atoms with Crippen molar-refractivity contribution in [3.8, 4) is 17.2 Å². The van der Waals surface area contributed by atoms with E-state index in [9.17, 15) is 18.5 Å². The van der Waals surface area contributed by atoms with Crippen molar-refractivity contribution in [2.75, 3.05) is 39.7 Å². The number of rotatable bonds is 8. The maximum Gasteiger partial charge on any atom is 0.322 e. The monoisotopic (exact) mass is 639 g/mol. The van der Waals surface area contributed by atoms with Gasteiger partial charge >= 0.3 is 6.03 Å². The first-order chi connectivity index (χ1) is 22.3. The molecule has 0 atom stereocenters. The summed E-state index contributed by atoms with van der Waals surface area (Å²) in [4.78, 5) is 26.5. The number of anilines is 3. The minimum Gasteiger partial charge on any atom is -0.353 e. The van der Waals surface area contributed by atoms with E-state index in [1.807, 2.05) is 83.8 Å². The summed E-state index contributed by atoms with van der Waals surface area (Å²) in [6, 6.07) is 20.0. The second-order valence-electron chi connectivity index (χ2n) is 11.8. The molecule has 2 amide bonds. The molecule has 4 aromatic rings. The molecular formula is C33H37N9O3S. The zero-order valence-corrected chi connectivity index (χ0v) is 26.5. The van der Waals surface area contributed by atoms with E-state index in [0.29, 0.717) is 37.0 Å². The minimum absolute atomic E-state index is 0.00851. The fraction of sp³-hybridized carbons (Fsp3) is 0.364. The highest BCUT2D eigenvalue weighted by atomic mass is 32.2. The van der Waals surface area contributed by atoms with Crippen molar-refractivity contribution in [3.05, 3.63) is 84.3 Å². The van der Waals surface area contributed by atoms with Crippen LogP contribution in [-0.2, 0) is 23.4 Å². The van der Waals surface area contributed by atoms with Gasteiger partial charge in [-0.15, -0.1) is 0 Å². The molecule has 12 nitrogen and oxygen atoms in total. The van der Waals surface area contributed by atoms with E-state index in [1.165, 1.54) is 6.20 Å². The molecule has 1 aliphatic heterocycles. The first-order valence-corrected chi connectivity index (χ1v) is 17.3. The van der Waals surface area contributed by atoms with E-state index in [1.54, 1.807) is 4.68 Å². The Hall–Kier alpha value is -4.96. The number of aryl methyl sites for hydroxylation is 1. The van der Waals surface area contributed by atoms with E-state index in [2.05, 4.69) is 31.8 Å². The van der Waals surface area contributed by atoms with Crippen LogP contribution in [0.5, 0.6) is 0 Å². The number of nitriles is 1. The van der Waals surface area contributed by atoms with Crippen molar-refractivity contribution in [2.24, 2.45) is 7.05 Å². The molecule has 2 fully saturated rings. The van der Waals surface area contributed by atoms with Crippen LogP contribution in [0.15, 0.2) is 73.2 Å². The average Bonchev–Trinajstić information content (AvgIpc) is 3.51. The lowest BCUT2D eigenvalue weighted by atomic mass is 9.90. The van der Waals surface area contributed by atoms with Crippen LogP contribution in [0.25, 0.3) is 11.1 Å². The van der Waals surface area contributed by atoms with Gasteiger partial charge in [0.2, 0.25) is 5.95 Å². The largest absolute Gasteiger partial charge is 0.353 e. The van der Waals surface area contributed by atoms with Gasteiger partial charge < -0.3 is 15.5 Å². The van der Waals surface area contributed by atoms with Gasteiger partial charge in [0.25, 0.3) is 0 Å². The highest BCUT2D eigenvalue weighted by molar-refractivity contribution is 7.91. The number of hydrogen-bond donors (Lipinski definition) is 2. The number of urea groups is 1. The predicted octanol–water partition coefficient (Wildman–Crippen LogP) is 4.12. The molecule has 0 radical (unpaired) electrons. The lowest BCUT2D eigenvalue weighted by molar-refractivity contribution is 0.240. The molecule has 46 heavy (non-hydrogen) atoms. The summed E-state index contributed by atoms with van der Waals surface area (Å²) < 4.78 is 25.6. The average molecular weight is 640 g/mol. The number of benzene rings is 2. The SMILES string of the molecule is Cn1cc(-c2ccc(N(C(=O)NCc3ccccc3)C3CCC(Nc4ncc(C#N)c(N5CCS(=O)(=O)CC5)n4)CC3)cc2)cn1. The van der Waals surface area contributed by atoms with Gasteiger partial charge in [0.15, 0.2) is 15.7 Å². The number of aromatic nitrogens is 4. The Balaban J connectivity index is 1.15. The first-order valence-electron chi connectivity index (χ1n) is 15.5. The topological polar surface area (TPSA) is 149 Å². The Labute approximate surface area is 269 Å². The van der Waals surface area contributed by atoms with E-state index in [0.717, 1.165) is 48.1 Å². The maximum atomic E-state index is 13.7. The highest BCUT2D eigenvalue weighted by Crippen LogP contribution is 2.31. The van der Waals surface area contributed by atoms with Gasteiger partial charge in [0, 0.05) is 56.2 Å². The number of sulfone groups is 1. The van der Waals surface area contributed by atoms with E-state index in [-0.39, 0.29) is 29.6 Å². The fourth-order valence-corrected chi connectivity index (χ4v) is 7.29. The molecule has 13 heteroatoms. The van der Waals surface area contributed by atoms with Crippen LogP contribution in [0.3, 0.4) is 0 Å². The predicted molar refractivity (Wildman–Crippen MR) is 177 cm³/mol. The van der Waals surface area contributed by atoms with Gasteiger partial charge in [0.1, 0.15) is 11.6 Å². The molecule has 6 rings (SSSR count). The Morgan fingerprint density at radius 3 is 2.37 bits per heavy atom. The smallest absolute Gasteiger partial charge is 0.322 e. The number of nitrogens with zero attached hydrogens (tertiary/aromatic N) is 7. The van der Waals surface area contributed by atoms with Crippen LogP contribution >= 0.6 is 0 Å². The van der Waals surface area contributed by atoms with Gasteiger partial charge in [-0.05, 0) is 48.9 Å². The molecule has 0 unspecified atom stereocenters. The summed E-state index contributed by atoms with van der Waals surface area (Å²) >= 11 is 0. The molecule has 2 aliphatic rings. The molecule has 2 aromatic carbocycles. The molecule has 1 aliphatic carbocycles. The second-order valence-corrected chi connectivity index (χ2v) is 14.1. The lowest BCUT2D eigenvalue weighted by Gasteiger charge is -2.37. The van der Waals surface area contributed by atoms with Gasteiger partial charge in [-0.3, -0.25) is 9.58 Å². The van der Waals surface area contributed by atoms with Crippen LogP contribution in [0, 0.1) is 11.3 Å². The molecule has 238 valence electrons. The van der Waals surface area contributed by atoms with Gasteiger partial charge in [-0.2, -0.15) is 15.3 Å². The maximum absolute atomic E-state index is 13.7. The third-order valence-electron chi connectivity index (χ3n) is 8.62. The Morgan fingerprint density at radius 1 is 1.00 bits per heavy atom. The fourth-order valence-electron chi connectivity index (χ4n) is 6.08. The minimum atomic E-state index is -3.07. The Kier molecular flexibility index (Phi) is 9.16. The third-order valence-corrected chi connectivity index (χ3v) is 10.2. The molecule has 2 aromatic heterocycles. The van der Waals surface area contributed by atoms with Crippen molar-refractivity contribution in [1.82, 2.24) is 25.1 Å². The normalized spacial score (nSPS) is 19.2. The summed E-state index contributed by atoms with van der Waals surface area (Å²) in [6.45, 7) is 1.02. The van der Waals surface area contributed by atoms with Crippen molar-refractivity contribution >= 4 is 33.3 Å². The van der Waals surface area contributed by atoms with Crippen molar-refractivity contribution in [1.29, 1.82) is 5.26 Å². The molecule has 2 N–H and O–H groups in total. The first kappa shape index (κ1) is 31.0. The number of carbonyl (C=O) groups is 1. The van der Waals surface area contributed by atoms with Crippen molar-refractivity contribution < 1.29 is 13.2 Å². The Bertz CT molecular complexity index is 1800. The van der Waals surface area contributed by atoms with Crippen LogP contribution in [0.1, 0.15) is 36.8 Å². The van der Waals surface area contributed by atoms with Crippen LogP contribution in [0.2, 0.25) is 0 Å². The summed E-state index contributed by atoms with van der Waals surface area (Å²) in [6.07, 6.45) is 8.41. The molecule has 3 heterocycles. The number of amides is 2. The number of carbonyl (C=O) groups excluding carboxylic acids is 1. The van der Waals surface area contributed by atoms with Crippen LogP contribution in [0.4, 0.5) is 22.2 Å². The highest BCUT2D eigenvalue weighted by Gasteiger charge is 2.31. The summed E-state index contributed by atoms with van der Waals surface area (Å²) in [7, 11) is -1.18. The molecule has 0 bridgehead atoms. The van der Waals surface area contributed by atoms with E-state index < -0.39 is 9.84 Å². The molecule has 1 saturated heterocycles. The molecule has 1 saturated carbocycles. The molecular weight excluding hydrogens is 602 g/mol. The van der Waals surface area contributed by atoms with Gasteiger partial charge in [-0.25, -0.2) is 18.2 Å². The summed E-state index contributed by atoms with van der Waals surface area (Å²) in [5.41, 5.74) is 4.23. The number of nitrogens with one attached hydrogen (secondary N) is 2. The van der Waals surface area contributed by atoms with Crippen molar-refractivity contribution in [2.45, 2.75) is 44.3 Å². The standard InChI is InChI=1S/C33H37N9O3S/c1-40-23-27(22-37-40)25-7-11-29(12-8-25)42(33(43)36-20-24-5-3-2-4-6-24)30-13-9-28(10-14-30)38-32-35-21-26(19-34)31(39-32)41-15-17-46(44,45)18-16-41/h2-8,11-12,21-23,28,30H,9-10,13-18,20H2,1H3,(H,36,43)(H,35,38,39). The quantitative estimate of drug-likeness (QED) is 0.290. The lowest BCUT2D eigenvalue weighted by Crippen LogP contribution is -2.48. The molecule has 0 spiro atoms. The van der Waals surface area contributed by atoms with Crippen LogP contribution in [-0.4, -0.2) is 70.9 Å². The van der Waals surface area contributed by atoms with Crippen molar-refractivity contribution in [3.63, 3.8) is 0 Å². The number of hydrogen-bond acceptors (Lipinski definition) is 9. The summed E-state index contributed by atoms with van der Waals surface area (Å²) in [5, 5.41) is 20.4. The summed E-state index contributed by atoms with van der Waals surface area (Å²) in [5.74, 6) is 0.945.